The molecule has 2 atom stereocenters. The summed E-state index contributed by atoms with van der Waals surface area (Å²) in [6.45, 7) is 6.91. The monoisotopic (exact) mass is 804 g/mol. The van der Waals surface area contributed by atoms with Crippen molar-refractivity contribution in [3.8, 4) is 0 Å². The number of hydrogen-bond donors (Lipinski definition) is 4. The molecule has 5 aliphatic rings. The maximum Gasteiger partial charge on any atom is 0.320 e. The number of piperidine rings is 2. The second-order valence-corrected chi connectivity index (χ2v) is 15.9. The van der Waals surface area contributed by atoms with E-state index < -0.39 is 29.7 Å². The first-order valence-electron chi connectivity index (χ1n) is 20.2. The second kappa shape index (κ2) is 16.5. The summed E-state index contributed by atoms with van der Waals surface area (Å²) in [7, 11) is 1.81. The van der Waals surface area contributed by atoms with Crippen molar-refractivity contribution in [1.82, 2.24) is 30.0 Å². The first-order valence-corrected chi connectivity index (χ1v) is 20.2. The van der Waals surface area contributed by atoms with Crippen molar-refractivity contribution in [2.24, 2.45) is 11.7 Å². The summed E-state index contributed by atoms with van der Waals surface area (Å²) in [5, 5.41) is 8.81. The molecule has 7 amide bonds. The fourth-order valence-corrected chi connectivity index (χ4v) is 8.58. The molecular formula is C42H48N10O7. The summed E-state index contributed by atoms with van der Waals surface area (Å²) >= 11 is 0. The fourth-order valence-electron chi connectivity index (χ4n) is 8.58. The maximum atomic E-state index is 13.4. The van der Waals surface area contributed by atoms with Crippen molar-refractivity contribution in [1.29, 1.82) is 0 Å². The van der Waals surface area contributed by atoms with Crippen molar-refractivity contribution in [3.63, 3.8) is 0 Å². The van der Waals surface area contributed by atoms with Crippen molar-refractivity contribution in [3.05, 3.63) is 83.3 Å². The highest BCUT2D eigenvalue weighted by Crippen LogP contribution is 2.34. The lowest BCUT2D eigenvalue weighted by Crippen LogP contribution is -2.51. The van der Waals surface area contributed by atoms with E-state index in [1.54, 1.807) is 48.3 Å². The summed E-state index contributed by atoms with van der Waals surface area (Å²) in [4.78, 5) is 93.3. The molecule has 1 saturated carbocycles. The number of aromatic nitrogens is 2. The van der Waals surface area contributed by atoms with Gasteiger partial charge in [-0.15, -0.1) is 0 Å². The molecule has 4 aliphatic heterocycles. The van der Waals surface area contributed by atoms with Crippen molar-refractivity contribution in [2.75, 3.05) is 55.4 Å². The molecule has 17 nitrogen and oxygen atoms in total. The van der Waals surface area contributed by atoms with E-state index in [0.29, 0.717) is 98.8 Å². The normalized spacial score (nSPS) is 23.0. The van der Waals surface area contributed by atoms with Gasteiger partial charge in [0.05, 0.1) is 29.5 Å². The third-order valence-electron chi connectivity index (χ3n) is 11.9. The fraction of sp³-hybridized carbons (Fsp3) is 0.429. The van der Waals surface area contributed by atoms with Gasteiger partial charge in [-0.05, 0) is 81.2 Å². The molecule has 0 radical (unpaired) electrons. The molecule has 1 aromatic heterocycles. The molecule has 1 unspecified atom stereocenters. The zero-order valence-corrected chi connectivity index (χ0v) is 32.9. The van der Waals surface area contributed by atoms with Crippen LogP contribution < -0.4 is 26.6 Å². The highest BCUT2D eigenvalue weighted by molar-refractivity contribution is 6.23. The number of likely N-dealkylation sites (N-methyl/N-ethyl adjacent to an activating group) is 1. The first kappa shape index (κ1) is 39.5. The van der Waals surface area contributed by atoms with Crippen LogP contribution in [0, 0.1) is 5.92 Å². The number of ether oxygens (including phenoxy) is 1. The lowest BCUT2D eigenvalue weighted by Gasteiger charge is -2.37. The zero-order valence-electron chi connectivity index (χ0n) is 32.9. The summed E-state index contributed by atoms with van der Waals surface area (Å²) in [5.74, 6) is -1.65. The Morgan fingerprint density at radius 1 is 1.02 bits per heavy atom. The predicted molar refractivity (Wildman–Crippen MR) is 217 cm³/mol. The molecule has 4 fully saturated rings. The average molecular weight is 805 g/mol. The molecule has 2 aromatic carbocycles. The standard InChI is InChI=1S/C42H48N10O7/c1-24-13-14-32(39(55)45-24)52-40(56)31-12-3-7-25(34(31)41(52)57)8-6-18-59-30-19-26(20-30)38(54)47-28-10-4-9-27(21-28)46-37-35(36(43)53)44-22-33(48-37)50-15-5-11-29(23-50)51-17-16-49(2)42(51)58/h3-4,7,9-10,12,21-22,26,29-30,32H,1,5-6,8,11,13-20,23H2,2H3,(H2,43,53)(H,45,55)(H,46,48)(H,47,54)/t26-,29-,30+,32?/m1/s1. The molecule has 0 spiro atoms. The molecule has 8 rings (SSSR count). The minimum absolute atomic E-state index is 0.0196. The average Bonchev–Trinajstić information content (AvgIpc) is 3.67. The van der Waals surface area contributed by atoms with E-state index in [9.17, 15) is 28.8 Å². The molecule has 17 heteroatoms. The van der Waals surface area contributed by atoms with Crippen molar-refractivity contribution in [2.45, 2.75) is 69.6 Å². The molecule has 0 bridgehead atoms. The predicted octanol–water partition coefficient (Wildman–Crippen LogP) is 3.41. The summed E-state index contributed by atoms with van der Waals surface area (Å²) in [5.41, 5.74) is 8.76. The van der Waals surface area contributed by atoms with E-state index in [1.807, 2.05) is 11.0 Å². The quantitative estimate of drug-likeness (QED) is 0.145. The van der Waals surface area contributed by atoms with Crippen LogP contribution >= 0.6 is 0 Å². The van der Waals surface area contributed by atoms with Gasteiger partial charge >= 0.3 is 6.03 Å². The van der Waals surface area contributed by atoms with Crippen LogP contribution in [0.5, 0.6) is 0 Å². The highest BCUT2D eigenvalue weighted by Gasteiger charge is 2.45. The zero-order chi connectivity index (χ0) is 41.4. The number of urea groups is 1. The van der Waals surface area contributed by atoms with Gasteiger partial charge in [-0.1, -0.05) is 24.8 Å². The Balaban J connectivity index is 0.816. The van der Waals surface area contributed by atoms with Crippen molar-refractivity contribution < 1.29 is 33.5 Å². The summed E-state index contributed by atoms with van der Waals surface area (Å²) in [6, 6.07) is 11.5. The number of nitrogens with one attached hydrogen (secondary N) is 3. The SMILES string of the molecule is C=C1CCC(N2C(=O)c3cccc(CCCO[C@H]4C[C@@H](C(=O)Nc5cccc(Nc6nc(N7CCC[C@@H](N8CCN(C)C8=O)C7)cnc6C(N)=O)c5)C4)c3C2=O)C(=O)N1. The molecule has 5 N–H and O–H groups in total. The number of carbonyl (C=O) groups is 6. The van der Waals surface area contributed by atoms with Gasteiger partial charge in [-0.3, -0.25) is 28.9 Å². The number of anilines is 4. The number of carbonyl (C=O) groups excluding carboxylic acids is 6. The number of rotatable bonds is 13. The van der Waals surface area contributed by atoms with Gasteiger partial charge in [-0.25, -0.2) is 14.8 Å². The minimum atomic E-state index is -0.861. The van der Waals surface area contributed by atoms with Gasteiger partial charge in [0, 0.05) is 62.8 Å². The van der Waals surface area contributed by atoms with Crippen LogP contribution in [0.4, 0.5) is 27.8 Å². The summed E-state index contributed by atoms with van der Waals surface area (Å²) in [6.07, 6.45) is 6.31. The Bertz CT molecular complexity index is 2220. The first-order chi connectivity index (χ1) is 28.4. The Kier molecular flexibility index (Phi) is 11.0. The number of benzene rings is 2. The number of nitrogens with two attached hydrogens (primary N) is 1. The Labute approximate surface area is 341 Å². The summed E-state index contributed by atoms with van der Waals surface area (Å²) < 4.78 is 6.06. The smallest absolute Gasteiger partial charge is 0.320 e. The van der Waals surface area contributed by atoms with Gasteiger partial charge in [0.25, 0.3) is 17.7 Å². The largest absolute Gasteiger partial charge is 0.378 e. The molecule has 308 valence electrons. The molecule has 1 aliphatic carbocycles. The van der Waals surface area contributed by atoms with Gasteiger partial charge in [0.15, 0.2) is 11.5 Å². The van der Waals surface area contributed by atoms with Crippen LogP contribution in [0.2, 0.25) is 0 Å². The van der Waals surface area contributed by atoms with Crippen molar-refractivity contribution >= 4 is 58.6 Å². The van der Waals surface area contributed by atoms with Crippen LogP contribution in [0.25, 0.3) is 0 Å². The number of amides is 7. The van der Waals surface area contributed by atoms with Gasteiger partial charge in [-0.2, -0.15) is 0 Å². The van der Waals surface area contributed by atoms with Crippen LogP contribution in [-0.4, -0.2) is 118 Å². The van der Waals surface area contributed by atoms with E-state index in [0.717, 1.165) is 29.8 Å². The van der Waals surface area contributed by atoms with E-state index in [-0.39, 0.29) is 41.5 Å². The Morgan fingerprint density at radius 2 is 1.81 bits per heavy atom. The number of nitrogens with zero attached hydrogens (tertiary/aromatic N) is 6. The lowest BCUT2D eigenvalue weighted by atomic mass is 9.81. The number of aryl methyl sites for hydroxylation is 1. The van der Waals surface area contributed by atoms with E-state index >= 15 is 0 Å². The number of imide groups is 1. The molecule has 3 aromatic rings. The maximum absolute atomic E-state index is 13.4. The molecule has 5 heterocycles. The van der Waals surface area contributed by atoms with Gasteiger partial charge in [0.2, 0.25) is 11.8 Å². The third kappa shape index (κ3) is 8.06. The number of hydrogen-bond acceptors (Lipinski definition) is 11. The minimum Gasteiger partial charge on any atom is -0.378 e. The molecule has 3 saturated heterocycles. The topological polar surface area (TPSA) is 212 Å². The van der Waals surface area contributed by atoms with Crippen LogP contribution in [0.15, 0.2) is 60.9 Å². The van der Waals surface area contributed by atoms with Crippen LogP contribution in [0.3, 0.4) is 0 Å². The third-order valence-corrected chi connectivity index (χ3v) is 11.9. The lowest BCUT2D eigenvalue weighted by molar-refractivity contribution is -0.128. The van der Waals surface area contributed by atoms with Crippen LogP contribution in [0.1, 0.15) is 81.7 Å². The number of allylic oxidation sites excluding steroid dienone is 1. The van der Waals surface area contributed by atoms with E-state index in [4.69, 9.17) is 15.5 Å². The second-order valence-electron chi connectivity index (χ2n) is 15.9. The Morgan fingerprint density at radius 3 is 2.58 bits per heavy atom. The number of primary amides is 1. The highest BCUT2D eigenvalue weighted by atomic mass is 16.5. The molecular weight excluding hydrogens is 757 g/mol. The van der Waals surface area contributed by atoms with E-state index in [1.165, 1.54) is 6.20 Å². The van der Waals surface area contributed by atoms with Crippen LogP contribution in [-0.2, 0) is 20.7 Å². The van der Waals surface area contributed by atoms with Gasteiger partial charge in [0.1, 0.15) is 11.9 Å². The molecule has 59 heavy (non-hydrogen) atoms. The van der Waals surface area contributed by atoms with Gasteiger partial charge < -0.3 is 41.1 Å². The Hall–Kier alpha value is -6.36. The number of fused-ring (bicyclic) bond motifs is 1. The van der Waals surface area contributed by atoms with E-state index in [2.05, 4.69) is 32.4 Å².